The Labute approximate surface area is 162 Å². The monoisotopic (exact) mass is 381 g/mol. The third kappa shape index (κ3) is 3.30. The second-order valence-electron chi connectivity index (χ2n) is 6.78. The Morgan fingerprint density at radius 1 is 1.26 bits per heavy atom. The number of rotatable bonds is 4. The van der Waals surface area contributed by atoms with Crippen LogP contribution in [0.4, 0.5) is 5.69 Å². The molecule has 1 atom stereocenters. The molecule has 1 aliphatic rings. The van der Waals surface area contributed by atoms with E-state index in [1.54, 1.807) is 4.90 Å². The number of para-hydroxylation sites is 1. The summed E-state index contributed by atoms with van der Waals surface area (Å²) in [5, 5.41) is 4.74. The number of aromatic nitrogens is 1. The standard InChI is InChI=1S/C21H20ClN3O2/c1-13(26)25-19-5-3-2-4-14(19)10-20(25)21(27)23-9-8-15-12-24-18-7-6-16(22)11-17(15)18/h2-7,11-12,20,24H,8-10H2,1H3,(H,23,27)/t20-/m0/s1. The normalized spacial score (nSPS) is 15.8. The molecule has 0 spiro atoms. The average molecular weight is 382 g/mol. The number of hydrogen-bond donors (Lipinski definition) is 2. The molecule has 0 fully saturated rings. The summed E-state index contributed by atoms with van der Waals surface area (Å²) < 4.78 is 0. The molecule has 6 heteroatoms. The van der Waals surface area contributed by atoms with Crippen molar-refractivity contribution >= 4 is 40.0 Å². The number of aromatic amines is 1. The second-order valence-corrected chi connectivity index (χ2v) is 7.22. The van der Waals surface area contributed by atoms with Crippen LogP contribution in [0.5, 0.6) is 0 Å². The maximum absolute atomic E-state index is 12.7. The van der Waals surface area contributed by atoms with Crippen LogP contribution in [0.3, 0.4) is 0 Å². The molecule has 3 aromatic rings. The van der Waals surface area contributed by atoms with Crippen LogP contribution in [-0.4, -0.2) is 29.4 Å². The van der Waals surface area contributed by atoms with Crippen LogP contribution < -0.4 is 10.2 Å². The Hall–Kier alpha value is -2.79. The van der Waals surface area contributed by atoms with Crippen molar-refractivity contribution in [3.05, 3.63) is 64.8 Å². The molecule has 0 saturated heterocycles. The fraction of sp³-hybridized carbons (Fsp3) is 0.238. The summed E-state index contributed by atoms with van der Waals surface area (Å²) in [5.41, 5.74) is 3.98. The molecule has 0 saturated carbocycles. The highest BCUT2D eigenvalue weighted by Gasteiger charge is 2.36. The number of anilines is 1. The summed E-state index contributed by atoms with van der Waals surface area (Å²) in [6.07, 6.45) is 3.18. The zero-order valence-corrected chi connectivity index (χ0v) is 15.7. The first-order chi connectivity index (χ1) is 13.0. The van der Waals surface area contributed by atoms with Gasteiger partial charge in [-0.15, -0.1) is 0 Å². The highest BCUT2D eigenvalue weighted by atomic mass is 35.5. The van der Waals surface area contributed by atoms with Crippen molar-refractivity contribution in [1.82, 2.24) is 10.3 Å². The van der Waals surface area contributed by atoms with E-state index in [9.17, 15) is 9.59 Å². The van der Waals surface area contributed by atoms with E-state index in [-0.39, 0.29) is 11.8 Å². The molecule has 2 heterocycles. The molecule has 4 rings (SSSR count). The Morgan fingerprint density at radius 2 is 2.07 bits per heavy atom. The fourth-order valence-electron chi connectivity index (χ4n) is 3.78. The third-order valence-corrected chi connectivity index (χ3v) is 5.28. The van der Waals surface area contributed by atoms with Gasteiger partial charge in [-0.25, -0.2) is 0 Å². The predicted molar refractivity (Wildman–Crippen MR) is 107 cm³/mol. The number of carbonyl (C=O) groups excluding carboxylic acids is 2. The van der Waals surface area contributed by atoms with E-state index >= 15 is 0 Å². The molecule has 2 amide bonds. The lowest BCUT2D eigenvalue weighted by atomic mass is 10.1. The van der Waals surface area contributed by atoms with Crippen LogP contribution in [-0.2, 0) is 22.4 Å². The van der Waals surface area contributed by atoms with Gasteiger partial charge in [-0.3, -0.25) is 14.5 Å². The quantitative estimate of drug-likeness (QED) is 0.726. The van der Waals surface area contributed by atoms with E-state index in [1.165, 1.54) is 6.92 Å². The number of nitrogens with zero attached hydrogens (tertiary/aromatic N) is 1. The van der Waals surface area contributed by atoms with Gasteiger partial charge in [-0.1, -0.05) is 29.8 Å². The molecule has 1 aromatic heterocycles. The molecular weight excluding hydrogens is 362 g/mol. The van der Waals surface area contributed by atoms with Crippen LogP contribution >= 0.6 is 11.6 Å². The first-order valence-corrected chi connectivity index (χ1v) is 9.33. The van der Waals surface area contributed by atoms with Crippen molar-refractivity contribution < 1.29 is 9.59 Å². The van der Waals surface area contributed by atoms with E-state index in [2.05, 4.69) is 10.3 Å². The molecule has 2 aromatic carbocycles. The van der Waals surface area contributed by atoms with Crippen LogP contribution in [0.2, 0.25) is 5.02 Å². The number of nitrogens with one attached hydrogen (secondary N) is 2. The fourth-order valence-corrected chi connectivity index (χ4v) is 3.95. The molecule has 1 aliphatic heterocycles. The first kappa shape index (κ1) is 17.6. The molecule has 0 aliphatic carbocycles. The lowest BCUT2D eigenvalue weighted by molar-refractivity contribution is -0.125. The Balaban J connectivity index is 1.43. The third-order valence-electron chi connectivity index (χ3n) is 5.04. The summed E-state index contributed by atoms with van der Waals surface area (Å²) in [7, 11) is 0. The predicted octanol–water partition coefficient (Wildman–Crippen LogP) is 3.46. The van der Waals surface area contributed by atoms with Gasteiger partial charge in [-0.2, -0.15) is 0 Å². The highest BCUT2D eigenvalue weighted by Crippen LogP contribution is 2.32. The molecule has 138 valence electrons. The van der Waals surface area contributed by atoms with Crippen molar-refractivity contribution in [2.24, 2.45) is 0 Å². The zero-order chi connectivity index (χ0) is 19.0. The van der Waals surface area contributed by atoms with Gasteiger partial charge in [0.05, 0.1) is 0 Å². The van der Waals surface area contributed by atoms with Gasteiger partial charge in [0.25, 0.3) is 0 Å². The minimum absolute atomic E-state index is 0.119. The Bertz CT molecular complexity index is 1030. The molecule has 27 heavy (non-hydrogen) atoms. The van der Waals surface area contributed by atoms with E-state index in [4.69, 9.17) is 11.6 Å². The largest absolute Gasteiger partial charge is 0.361 e. The number of carbonyl (C=O) groups is 2. The summed E-state index contributed by atoms with van der Waals surface area (Å²) in [4.78, 5) is 29.6. The van der Waals surface area contributed by atoms with E-state index < -0.39 is 6.04 Å². The van der Waals surface area contributed by atoms with Gasteiger partial charge in [0, 0.05) is 47.7 Å². The van der Waals surface area contributed by atoms with Gasteiger partial charge in [0.2, 0.25) is 11.8 Å². The zero-order valence-electron chi connectivity index (χ0n) is 15.0. The van der Waals surface area contributed by atoms with Gasteiger partial charge < -0.3 is 10.3 Å². The Kier molecular flexibility index (Phi) is 4.62. The van der Waals surface area contributed by atoms with Crippen LogP contribution in [0.15, 0.2) is 48.7 Å². The van der Waals surface area contributed by atoms with Crippen molar-refractivity contribution in [2.75, 3.05) is 11.4 Å². The molecule has 5 nitrogen and oxygen atoms in total. The SMILES string of the molecule is CC(=O)N1c2ccccc2C[C@H]1C(=O)NCCc1c[nH]c2ccc(Cl)cc12. The highest BCUT2D eigenvalue weighted by molar-refractivity contribution is 6.31. The summed E-state index contributed by atoms with van der Waals surface area (Å²) in [6, 6.07) is 12.9. The lowest BCUT2D eigenvalue weighted by Crippen LogP contribution is -2.47. The van der Waals surface area contributed by atoms with Crippen LogP contribution in [0.1, 0.15) is 18.1 Å². The smallest absolute Gasteiger partial charge is 0.243 e. The summed E-state index contributed by atoms with van der Waals surface area (Å²) in [6.45, 7) is 1.99. The summed E-state index contributed by atoms with van der Waals surface area (Å²) >= 11 is 6.09. The second kappa shape index (κ2) is 7.08. The first-order valence-electron chi connectivity index (χ1n) is 8.95. The lowest BCUT2D eigenvalue weighted by Gasteiger charge is -2.23. The van der Waals surface area contributed by atoms with Gasteiger partial charge in [-0.05, 0) is 41.8 Å². The number of benzene rings is 2. The number of halogens is 1. The maximum atomic E-state index is 12.7. The van der Waals surface area contributed by atoms with E-state index in [0.29, 0.717) is 24.4 Å². The Morgan fingerprint density at radius 3 is 2.89 bits per heavy atom. The number of amides is 2. The number of hydrogen-bond acceptors (Lipinski definition) is 2. The van der Waals surface area contributed by atoms with Gasteiger partial charge in [0.15, 0.2) is 0 Å². The van der Waals surface area contributed by atoms with Crippen molar-refractivity contribution in [3.8, 4) is 0 Å². The van der Waals surface area contributed by atoms with Crippen LogP contribution in [0.25, 0.3) is 10.9 Å². The van der Waals surface area contributed by atoms with E-state index in [0.717, 1.165) is 27.7 Å². The van der Waals surface area contributed by atoms with Crippen molar-refractivity contribution in [3.63, 3.8) is 0 Å². The van der Waals surface area contributed by atoms with Crippen molar-refractivity contribution in [2.45, 2.75) is 25.8 Å². The number of fused-ring (bicyclic) bond motifs is 2. The van der Waals surface area contributed by atoms with Gasteiger partial charge in [0.1, 0.15) is 6.04 Å². The maximum Gasteiger partial charge on any atom is 0.243 e. The van der Waals surface area contributed by atoms with Crippen LogP contribution in [0, 0.1) is 0 Å². The topological polar surface area (TPSA) is 65.2 Å². The van der Waals surface area contributed by atoms with E-state index in [1.807, 2.05) is 48.7 Å². The number of H-pyrrole nitrogens is 1. The molecule has 2 N–H and O–H groups in total. The summed E-state index contributed by atoms with van der Waals surface area (Å²) in [5.74, 6) is -0.245. The van der Waals surface area contributed by atoms with Crippen molar-refractivity contribution in [1.29, 1.82) is 0 Å². The van der Waals surface area contributed by atoms with Gasteiger partial charge >= 0.3 is 0 Å². The molecule has 0 unspecified atom stereocenters. The average Bonchev–Trinajstić information content (AvgIpc) is 3.23. The molecular formula is C21H20ClN3O2. The molecule has 0 radical (unpaired) electrons. The molecule has 0 bridgehead atoms. The minimum Gasteiger partial charge on any atom is -0.361 e. The minimum atomic E-state index is -0.489.